The van der Waals surface area contributed by atoms with E-state index in [1.54, 1.807) is 37.5 Å². The molecule has 3 nitrogen and oxygen atoms in total. The topological polar surface area (TPSA) is 43.4 Å². The third-order valence-electron chi connectivity index (χ3n) is 3.50. The predicted octanol–water partition coefficient (Wildman–Crippen LogP) is 2.43. The van der Waals surface area contributed by atoms with Crippen LogP contribution in [0.5, 0.6) is 5.75 Å². The van der Waals surface area contributed by atoms with Gasteiger partial charge in [0, 0.05) is 11.1 Å². The Morgan fingerprint density at radius 3 is 2.17 bits per heavy atom. The fourth-order valence-corrected chi connectivity index (χ4v) is 2.54. The van der Waals surface area contributed by atoms with Crippen molar-refractivity contribution in [1.29, 1.82) is 0 Å². The van der Waals surface area contributed by atoms with Crippen molar-refractivity contribution >= 4 is 11.6 Å². The second-order valence-electron chi connectivity index (χ2n) is 4.46. The molecule has 0 fully saturated rings. The van der Waals surface area contributed by atoms with Gasteiger partial charge in [0.25, 0.3) is 0 Å². The summed E-state index contributed by atoms with van der Waals surface area (Å²) in [4.78, 5) is 24.7. The van der Waals surface area contributed by atoms with E-state index in [1.165, 1.54) is 0 Å². The van der Waals surface area contributed by atoms with Gasteiger partial charge in [0.15, 0.2) is 11.6 Å². The average molecular weight is 240 g/mol. The van der Waals surface area contributed by atoms with E-state index >= 15 is 0 Å². The quantitative estimate of drug-likeness (QED) is 0.757. The number of fused-ring (bicyclic) bond motifs is 2. The first-order valence-electron chi connectivity index (χ1n) is 5.84. The smallest absolute Gasteiger partial charge is 0.171 e. The van der Waals surface area contributed by atoms with Crippen LogP contribution >= 0.6 is 0 Å². The maximum absolute atomic E-state index is 12.4. The van der Waals surface area contributed by atoms with E-state index in [1.807, 2.05) is 12.2 Å². The fraction of sp³-hybridized carbons (Fsp3) is 0.200. The minimum Gasteiger partial charge on any atom is -0.497 e. The van der Waals surface area contributed by atoms with Gasteiger partial charge in [0.2, 0.25) is 0 Å². The summed E-state index contributed by atoms with van der Waals surface area (Å²) in [5.74, 6) is -0.0962. The first kappa shape index (κ1) is 11.0. The van der Waals surface area contributed by atoms with Gasteiger partial charge in [-0.05, 0) is 18.2 Å². The van der Waals surface area contributed by atoms with Crippen molar-refractivity contribution in [2.24, 2.45) is 11.8 Å². The average Bonchev–Trinajstić information content (AvgIpc) is 2.44. The molecule has 0 saturated heterocycles. The third-order valence-corrected chi connectivity index (χ3v) is 3.50. The maximum atomic E-state index is 12.4. The molecule has 3 heteroatoms. The highest BCUT2D eigenvalue weighted by Crippen LogP contribution is 2.35. The van der Waals surface area contributed by atoms with Crippen LogP contribution in [0.3, 0.4) is 0 Å². The van der Waals surface area contributed by atoms with Crippen molar-refractivity contribution < 1.29 is 14.3 Å². The van der Waals surface area contributed by atoms with Crippen molar-refractivity contribution in [3.8, 4) is 5.75 Å². The van der Waals surface area contributed by atoms with E-state index in [0.29, 0.717) is 16.9 Å². The van der Waals surface area contributed by atoms with Gasteiger partial charge in [-0.1, -0.05) is 24.3 Å². The van der Waals surface area contributed by atoms with Crippen LogP contribution in [0.15, 0.2) is 42.5 Å². The summed E-state index contributed by atoms with van der Waals surface area (Å²) in [6, 6.07) is 5.04. The molecule has 0 bridgehead atoms. The summed E-state index contributed by atoms with van der Waals surface area (Å²) in [7, 11) is 1.54. The van der Waals surface area contributed by atoms with E-state index in [2.05, 4.69) is 0 Å². The van der Waals surface area contributed by atoms with E-state index in [9.17, 15) is 9.59 Å². The van der Waals surface area contributed by atoms with E-state index in [0.717, 1.165) is 0 Å². The summed E-state index contributed by atoms with van der Waals surface area (Å²) < 4.78 is 5.10. The molecule has 0 N–H and O–H groups in total. The molecular formula is C15H12O3. The Morgan fingerprint density at radius 2 is 1.56 bits per heavy atom. The lowest BCUT2D eigenvalue weighted by Crippen LogP contribution is -2.35. The Morgan fingerprint density at radius 1 is 0.944 bits per heavy atom. The molecule has 2 atom stereocenters. The van der Waals surface area contributed by atoms with E-state index in [-0.39, 0.29) is 23.4 Å². The number of allylic oxidation sites excluding steroid dienone is 4. The van der Waals surface area contributed by atoms with Crippen molar-refractivity contribution in [3.05, 3.63) is 53.6 Å². The zero-order chi connectivity index (χ0) is 12.7. The lowest BCUT2D eigenvalue weighted by molar-refractivity contribution is 0.0801. The van der Waals surface area contributed by atoms with Crippen LogP contribution in [0.4, 0.5) is 0 Å². The first-order chi connectivity index (χ1) is 8.72. The highest BCUT2D eigenvalue weighted by atomic mass is 16.5. The van der Waals surface area contributed by atoms with Gasteiger partial charge in [-0.3, -0.25) is 9.59 Å². The molecule has 0 aliphatic heterocycles. The molecule has 0 aromatic heterocycles. The minimum atomic E-state index is -0.359. The molecule has 0 unspecified atom stereocenters. The van der Waals surface area contributed by atoms with Gasteiger partial charge in [-0.2, -0.15) is 0 Å². The Labute approximate surface area is 105 Å². The van der Waals surface area contributed by atoms with Crippen molar-refractivity contribution in [1.82, 2.24) is 0 Å². The largest absolute Gasteiger partial charge is 0.497 e. The molecule has 0 saturated carbocycles. The Hall–Kier alpha value is -2.16. The Kier molecular flexibility index (Phi) is 2.40. The molecule has 0 spiro atoms. The van der Waals surface area contributed by atoms with E-state index < -0.39 is 0 Å². The van der Waals surface area contributed by atoms with Crippen LogP contribution in [0, 0.1) is 11.8 Å². The molecule has 1 aromatic carbocycles. The van der Waals surface area contributed by atoms with Gasteiger partial charge in [-0.25, -0.2) is 0 Å². The van der Waals surface area contributed by atoms with Crippen LogP contribution in [-0.4, -0.2) is 18.7 Å². The lowest BCUT2D eigenvalue weighted by Gasteiger charge is -2.28. The van der Waals surface area contributed by atoms with Crippen LogP contribution < -0.4 is 4.74 Å². The Balaban J connectivity index is 2.17. The molecule has 90 valence electrons. The molecule has 18 heavy (non-hydrogen) atoms. The number of ketones is 2. The number of benzene rings is 1. The van der Waals surface area contributed by atoms with Crippen molar-refractivity contribution in [3.63, 3.8) is 0 Å². The van der Waals surface area contributed by atoms with Crippen LogP contribution in [0.2, 0.25) is 0 Å². The number of carbonyl (C=O) groups is 2. The number of ether oxygens (including phenoxy) is 1. The molecule has 1 aromatic rings. The third kappa shape index (κ3) is 1.44. The van der Waals surface area contributed by atoms with Gasteiger partial charge >= 0.3 is 0 Å². The maximum Gasteiger partial charge on any atom is 0.171 e. The second kappa shape index (κ2) is 3.95. The van der Waals surface area contributed by atoms with Crippen LogP contribution in [-0.2, 0) is 0 Å². The SMILES string of the molecule is COc1ccc2c(c1)C(=O)[C@H]1C=CC=C[C@H]1C2=O. The highest BCUT2D eigenvalue weighted by Gasteiger charge is 2.39. The molecule has 0 radical (unpaired) electrons. The number of hydrogen-bond donors (Lipinski definition) is 0. The summed E-state index contributed by atoms with van der Waals surface area (Å²) in [5, 5.41) is 0. The molecule has 2 aliphatic carbocycles. The second-order valence-corrected chi connectivity index (χ2v) is 4.46. The summed E-state index contributed by atoms with van der Waals surface area (Å²) in [6.07, 6.45) is 7.24. The van der Waals surface area contributed by atoms with Crippen molar-refractivity contribution in [2.45, 2.75) is 0 Å². The number of carbonyl (C=O) groups excluding carboxylic acids is 2. The predicted molar refractivity (Wildman–Crippen MR) is 66.9 cm³/mol. The molecule has 3 rings (SSSR count). The lowest BCUT2D eigenvalue weighted by atomic mass is 9.72. The zero-order valence-electron chi connectivity index (χ0n) is 9.92. The van der Waals surface area contributed by atoms with Gasteiger partial charge in [0.05, 0.1) is 18.9 Å². The highest BCUT2D eigenvalue weighted by molar-refractivity contribution is 6.17. The summed E-state index contributed by atoms with van der Waals surface area (Å²) >= 11 is 0. The van der Waals surface area contributed by atoms with Gasteiger partial charge < -0.3 is 4.74 Å². The monoisotopic (exact) mass is 240 g/mol. The van der Waals surface area contributed by atoms with E-state index in [4.69, 9.17) is 4.74 Å². The molecule has 0 amide bonds. The standard InChI is InChI=1S/C15H12O3/c1-18-9-6-7-12-13(8-9)15(17)11-5-3-2-4-10(11)14(12)16/h2-8,10-11H,1H3/t10-,11+/m1/s1. The molecule has 2 aliphatic rings. The summed E-state index contributed by atoms with van der Waals surface area (Å²) in [5.41, 5.74) is 0.975. The fourth-order valence-electron chi connectivity index (χ4n) is 2.54. The molecular weight excluding hydrogens is 228 g/mol. The van der Waals surface area contributed by atoms with Gasteiger partial charge in [-0.15, -0.1) is 0 Å². The number of methoxy groups -OCH3 is 1. The number of Topliss-reactive ketones (excluding diaryl/α,β-unsaturated/α-hetero) is 2. The van der Waals surface area contributed by atoms with Crippen molar-refractivity contribution in [2.75, 3.05) is 7.11 Å². The summed E-state index contributed by atoms with van der Waals surface area (Å²) in [6.45, 7) is 0. The zero-order valence-corrected chi connectivity index (χ0v) is 9.92. The molecule has 0 heterocycles. The van der Waals surface area contributed by atoms with Gasteiger partial charge in [0.1, 0.15) is 5.75 Å². The minimum absolute atomic E-state index is 0.00546. The van der Waals surface area contributed by atoms with Crippen LogP contribution in [0.1, 0.15) is 20.7 Å². The Bertz CT molecular complexity index is 596. The number of hydrogen-bond acceptors (Lipinski definition) is 3. The normalized spacial score (nSPS) is 24.7. The number of rotatable bonds is 1. The first-order valence-corrected chi connectivity index (χ1v) is 5.84. The van der Waals surface area contributed by atoms with Crippen LogP contribution in [0.25, 0.3) is 0 Å².